The van der Waals surface area contributed by atoms with E-state index in [9.17, 15) is 9.59 Å². The van der Waals surface area contributed by atoms with Gasteiger partial charge in [-0.2, -0.15) is 0 Å². The summed E-state index contributed by atoms with van der Waals surface area (Å²) in [7, 11) is 3.38. The topological polar surface area (TPSA) is 72.4 Å². The van der Waals surface area contributed by atoms with Gasteiger partial charge < -0.3 is 19.9 Å². The van der Waals surface area contributed by atoms with Crippen LogP contribution in [0, 0.1) is 5.92 Å². The number of nitrogens with zero attached hydrogens (tertiary/aromatic N) is 1. The molecule has 0 radical (unpaired) electrons. The number of carbonyl (C=O) groups is 1. The van der Waals surface area contributed by atoms with Crippen LogP contribution in [0.3, 0.4) is 0 Å². The minimum Gasteiger partial charge on any atom is -0.383 e. The van der Waals surface area contributed by atoms with Crippen molar-refractivity contribution >= 4 is 11.6 Å². The van der Waals surface area contributed by atoms with E-state index in [1.807, 2.05) is 6.92 Å². The van der Waals surface area contributed by atoms with Crippen LogP contribution in [0.1, 0.15) is 6.92 Å². The van der Waals surface area contributed by atoms with Crippen molar-refractivity contribution in [2.75, 3.05) is 32.6 Å². The van der Waals surface area contributed by atoms with E-state index in [0.29, 0.717) is 25.4 Å². The largest absolute Gasteiger partial charge is 0.383 e. The first-order valence-corrected chi connectivity index (χ1v) is 6.23. The second-order valence-electron chi connectivity index (χ2n) is 4.39. The lowest BCUT2D eigenvalue weighted by atomic mass is 10.1. The molecule has 0 aliphatic heterocycles. The molecule has 0 saturated carbocycles. The van der Waals surface area contributed by atoms with Crippen LogP contribution in [0.15, 0.2) is 23.1 Å². The van der Waals surface area contributed by atoms with E-state index < -0.39 is 0 Å². The molecular weight excluding hydrogens is 246 g/mol. The molecule has 0 spiro atoms. The van der Waals surface area contributed by atoms with Crippen LogP contribution < -0.4 is 16.2 Å². The van der Waals surface area contributed by atoms with Gasteiger partial charge in [0, 0.05) is 38.4 Å². The zero-order valence-corrected chi connectivity index (χ0v) is 11.6. The number of nitrogens with one attached hydrogen (secondary N) is 2. The van der Waals surface area contributed by atoms with Crippen molar-refractivity contribution in [2.45, 2.75) is 13.5 Å². The molecule has 1 atom stereocenters. The normalized spacial score (nSPS) is 12.2. The van der Waals surface area contributed by atoms with Crippen molar-refractivity contribution in [3.05, 3.63) is 28.7 Å². The Morgan fingerprint density at radius 3 is 2.84 bits per heavy atom. The zero-order valence-electron chi connectivity index (χ0n) is 11.6. The van der Waals surface area contributed by atoms with E-state index in [-0.39, 0.29) is 17.4 Å². The van der Waals surface area contributed by atoms with Gasteiger partial charge in [-0.05, 0) is 13.1 Å². The Bertz CT molecular complexity index is 470. The minimum atomic E-state index is -0.135. The van der Waals surface area contributed by atoms with Gasteiger partial charge in [-0.1, -0.05) is 6.92 Å². The number of amides is 1. The van der Waals surface area contributed by atoms with Crippen molar-refractivity contribution in [3.8, 4) is 0 Å². The third-order valence-electron chi connectivity index (χ3n) is 2.75. The molecule has 0 aliphatic rings. The highest BCUT2D eigenvalue weighted by molar-refractivity contribution is 5.92. The van der Waals surface area contributed by atoms with Crippen molar-refractivity contribution < 1.29 is 9.53 Å². The van der Waals surface area contributed by atoms with E-state index in [4.69, 9.17) is 4.74 Å². The molecule has 6 heteroatoms. The Kier molecular flexibility index (Phi) is 6.24. The fraction of sp³-hybridized carbons (Fsp3) is 0.538. The Labute approximate surface area is 112 Å². The number of aromatic nitrogens is 1. The lowest BCUT2D eigenvalue weighted by Gasteiger charge is -2.13. The number of hydrogen-bond acceptors (Lipinski definition) is 4. The third-order valence-corrected chi connectivity index (χ3v) is 2.75. The predicted molar refractivity (Wildman–Crippen MR) is 74.3 cm³/mol. The molecule has 1 heterocycles. The minimum absolute atomic E-state index is 0.0775. The maximum Gasteiger partial charge on any atom is 0.250 e. The summed E-state index contributed by atoms with van der Waals surface area (Å²) in [6.07, 6.45) is 1.63. The lowest BCUT2D eigenvalue weighted by Crippen LogP contribution is -2.29. The van der Waals surface area contributed by atoms with E-state index in [2.05, 4.69) is 10.6 Å². The average Bonchev–Trinajstić information content (AvgIpc) is 2.39. The fourth-order valence-electron chi connectivity index (χ4n) is 1.63. The van der Waals surface area contributed by atoms with E-state index in [1.165, 1.54) is 10.6 Å². The summed E-state index contributed by atoms with van der Waals surface area (Å²) < 4.78 is 6.45. The first kappa shape index (κ1) is 15.4. The molecule has 19 heavy (non-hydrogen) atoms. The quantitative estimate of drug-likeness (QED) is 0.745. The molecule has 1 unspecified atom stereocenters. The van der Waals surface area contributed by atoms with Crippen molar-refractivity contribution in [1.29, 1.82) is 0 Å². The molecule has 0 bridgehead atoms. The van der Waals surface area contributed by atoms with Gasteiger partial charge in [0.2, 0.25) is 5.91 Å². The van der Waals surface area contributed by atoms with Crippen LogP contribution in [-0.4, -0.2) is 37.8 Å². The number of ether oxygens (including phenoxy) is 1. The Morgan fingerprint density at radius 1 is 1.47 bits per heavy atom. The van der Waals surface area contributed by atoms with Gasteiger partial charge in [0.1, 0.15) is 0 Å². The number of anilines is 1. The SMILES string of the molecule is CNCC(C)C(=O)Nc1ccc(=O)n(CCOC)c1. The second kappa shape index (κ2) is 7.70. The fourth-order valence-corrected chi connectivity index (χ4v) is 1.63. The van der Waals surface area contributed by atoms with Gasteiger partial charge in [-0.3, -0.25) is 9.59 Å². The first-order chi connectivity index (χ1) is 9.08. The molecule has 1 rings (SSSR count). The molecule has 0 saturated heterocycles. The van der Waals surface area contributed by atoms with Crippen LogP contribution in [0.5, 0.6) is 0 Å². The Hall–Kier alpha value is -1.66. The number of hydrogen-bond donors (Lipinski definition) is 2. The molecule has 1 amide bonds. The molecule has 106 valence electrons. The Balaban J connectivity index is 2.73. The third kappa shape index (κ3) is 4.84. The standard InChI is InChI=1S/C13H21N3O3/c1-10(8-14-2)13(18)15-11-4-5-12(17)16(9-11)6-7-19-3/h4-5,9-10,14H,6-8H2,1-3H3,(H,15,18). The van der Waals surface area contributed by atoms with Gasteiger partial charge in [0.05, 0.1) is 12.3 Å². The summed E-state index contributed by atoms with van der Waals surface area (Å²) >= 11 is 0. The van der Waals surface area contributed by atoms with Crippen LogP contribution in [0.2, 0.25) is 0 Å². The number of methoxy groups -OCH3 is 1. The van der Waals surface area contributed by atoms with Gasteiger partial charge in [0.15, 0.2) is 0 Å². The van der Waals surface area contributed by atoms with Gasteiger partial charge in [-0.15, -0.1) is 0 Å². The monoisotopic (exact) mass is 267 g/mol. The molecule has 0 aliphatic carbocycles. The molecule has 1 aromatic heterocycles. The maximum absolute atomic E-state index is 11.8. The number of pyridine rings is 1. The maximum atomic E-state index is 11.8. The van der Waals surface area contributed by atoms with Crippen LogP contribution in [0.25, 0.3) is 0 Å². The predicted octanol–water partition coefficient (Wildman–Crippen LogP) is 0.289. The van der Waals surface area contributed by atoms with E-state index in [1.54, 1.807) is 26.4 Å². The summed E-state index contributed by atoms with van der Waals surface area (Å²) in [4.78, 5) is 23.4. The highest BCUT2D eigenvalue weighted by Gasteiger charge is 2.12. The van der Waals surface area contributed by atoms with Crippen molar-refractivity contribution in [1.82, 2.24) is 9.88 Å². The van der Waals surface area contributed by atoms with Crippen LogP contribution in [-0.2, 0) is 16.1 Å². The molecule has 0 aromatic carbocycles. The molecular formula is C13H21N3O3. The van der Waals surface area contributed by atoms with Crippen LogP contribution in [0.4, 0.5) is 5.69 Å². The lowest BCUT2D eigenvalue weighted by molar-refractivity contribution is -0.119. The summed E-state index contributed by atoms with van der Waals surface area (Å²) in [5.74, 6) is -0.212. The van der Waals surface area contributed by atoms with Gasteiger partial charge in [0.25, 0.3) is 5.56 Å². The average molecular weight is 267 g/mol. The molecule has 0 fully saturated rings. The van der Waals surface area contributed by atoms with Crippen molar-refractivity contribution in [2.24, 2.45) is 5.92 Å². The highest BCUT2D eigenvalue weighted by atomic mass is 16.5. The smallest absolute Gasteiger partial charge is 0.250 e. The summed E-state index contributed by atoms with van der Waals surface area (Å²) in [6.45, 7) is 3.36. The second-order valence-corrected chi connectivity index (χ2v) is 4.39. The van der Waals surface area contributed by atoms with E-state index >= 15 is 0 Å². The molecule has 2 N–H and O–H groups in total. The summed E-state index contributed by atoms with van der Waals surface area (Å²) in [5, 5.41) is 5.74. The number of rotatable bonds is 7. The van der Waals surface area contributed by atoms with Gasteiger partial charge >= 0.3 is 0 Å². The number of carbonyl (C=O) groups excluding carboxylic acids is 1. The van der Waals surface area contributed by atoms with Crippen LogP contribution >= 0.6 is 0 Å². The summed E-state index contributed by atoms with van der Waals surface area (Å²) in [5.41, 5.74) is 0.502. The Morgan fingerprint density at radius 2 is 2.21 bits per heavy atom. The first-order valence-electron chi connectivity index (χ1n) is 6.23. The van der Waals surface area contributed by atoms with Crippen molar-refractivity contribution in [3.63, 3.8) is 0 Å². The van der Waals surface area contributed by atoms with E-state index in [0.717, 1.165) is 0 Å². The summed E-state index contributed by atoms with van der Waals surface area (Å²) in [6, 6.07) is 3.05. The molecule has 1 aromatic rings. The zero-order chi connectivity index (χ0) is 14.3. The molecule has 6 nitrogen and oxygen atoms in total. The van der Waals surface area contributed by atoms with Gasteiger partial charge in [-0.25, -0.2) is 0 Å². The highest BCUT2D eigenvalue weighted by Crippen LogP contribution is 2.06.